The Labute approximate surface area is 143 Å². The van der Waals surface area contributed by atoms with Crippen molar-refractivity contribution in [2.45, 2.75) is 6.04 Å². The van der Waals surface area contributed by atoms with Gasteiger partial charge in [-0.25, -0.2) is 4.39 Å². The number of β-amino-alcohol motifs (C(OH)–C–C–N with tert-alkyl or cyclic N) is 1. The lowest BCUT2D eigenvalue weighted by molar-refractivity contribution is -0.140. The molecule has 0 aliphatic carbocycles. The highest BCUT2D eigenvalue weighted by molar-refractivity contribution is 6.46. The number of Topliss-reactive ketones (excluding diaryl/α,β-unsaturated/α-hetero) is 1. The van der Waals surface area contributed by atoms with Crippen LogP contribution in [0.4, 0.5) is 4.39 Å². The molecule has 25 heavy (non-hydrogen) atoms. The summed E-state index contributed by atoms with van der Waals surface area (Å²) in [6.07, 6.45) is 0. The van der Waals surface area contributed by atoms with Crippen molar-refractivity contribution in [3.05, 3.63) is 77.1 Å². The van der Waals surface area contributed by atoms with Gasteiger partial charge in [0, 0.05) is 12.1 Å². The highest BCUT2D eigenvalue weighted by Gasteiger charge is 2.45. The predicted molar refractivity (Wildman–Crippen MR) is 88.9 cm³/mol. The highest BCUT2D eigenvalue weighted by atomic mass is 19.1. The lowest BCUT2D eigenvalue weighted by atomic mass is 9.95. The van der Waals surface area contributed by atoms with Gasteiger partial charge in [-0.05, 0) is 17.7 Å². The van der Waals surface area contributed by atoms with Crippen molar-refractivity contribution in [1.82, 2.24) is 4.90 Å². The Morgan fingerprint density at radius 1 is 1.04 bits per heavy atom. The number of carbonyl (C=O) groups excluding carboxylic acids is 2. The van der Waals surface area contributed by atoms with E-state index in [9.17, 15) is 24.2 Å². The van der Waals surface area contributed by atoms with E-state index < -0.39 is 23.5 Å². The van der Waals surface area contributed by atoms with E-state index in [1.165, 1.54) is 29.2 Å². The molecule has 2 aromatic carbocycles. The van der Waals surface area contributed by atoms with Crippen molar-refractivity contribution >= 4 is 17.4 Å². The summed E-state index contributed by atoms with van der Waals surface area (Å²) in [6, 6.07) is 12.9. The molecule has 1 atom stereocenters. The molecule has 0 saturated carbocycles. The van der Waals surface area contributed by atoms with Gasteiger partial charge in [-0.1, -0.05) is 42.5 Å². The average molecular weight is 341 g/mol. The number of amides is 1. The standard InChI is InChI=1S/C19H16FNO4/c20-14-8-6-12(7-9-14)16-15(17(23)13-4-2-1-3-5-13)18(24)19(25)21(16)10-11-22/h1-9,16,22-23H,10-11H2/b17-15+/t16-/m1/s1. The Balaban J connectivity index is 2.18. The van der Waals surface area contributed by atoms with E-state index in [-0.39, 0.29) is 24.5 Å². The zero-order valence-corrected chi connectivity index (χ0v) is 13.2. The van der Waals surface area contributed by atoms with Crippen LogP contribution in [0.15, 0.2) is 60.2 Å². The van der Waals surface area contributed by atoms with Gasteiger partial charge in [0.1, 0.15) is 11.6 Å². The molecule has 2 aromatic rings. The summed E-state index contributed by atoms with van der Waals surface area (Å²) in [4.78, 5) is 26.0. The summed E-state index contributed by atoms with van der Waals surface area (Å²) in [7, 11) is 0. The molecule has 1 fully saturated rings. The molecule has 5 nitrogen and oxygen atoms in total. The first kappa shape index (κ1) is 16.9. The number of ketones is 1. The van der Waals surface area contributed by atoms with Gasteiger partial charge in [0.15, 0.2) is 0 Å². The molecule has 0 aromatic heterocycles. The molecule has 2 N–H and O–H groups in total. The van der Waals surface area contributed by atoms with Crippen molar-refractivity contribution in [3.63, 3.8) is 0 Å². The number of carbonyl (C=O) groups is 2. The first-order valence-corrected chi connectivity index (χ1v) is 7.74. The summed E-state index contributed by atoms with van der Waals surface area (Å²) in [5.74, 6) is -2.38. The molecule has 3 rings (SSSR count). The lowest BCUT2D eigenvalue weighted by Crippen LogP contribution is -2.32. The van der Waals surface area contributed by atoms with Crippen molar-refractivity contribution < 1.29 is 24.2 Å². The number of benzene rings is 2. The number of likely N-dealkylation sites (tertiary alicyclic amines) is 1. The van der Waals surface area contributed by atoms with E-state index in [1.54, 1.807) is 30.3 Å². The average Bonchev–Trinajstić information content (AvgIpc) is 2.88. The molecule has 1 amide bonds. The van der Waals surface area contributed by atoms with Crippen LogP contribution in [0.1, 0.15) is 17.2 Å². The van der Waals surface area contributed by atoms with Crippen molar-refractivity contribution in [2.24, 2.45) is 0 Å². The van der Waals surface area contributed by atoms with Crippen LogP contribution in [-0.4, -0.2) is 40.0 Å². The van der Waals surface area contributed by atoms with E-state index in [0.29, 0.717) is 11.1 Å². The van der Waals surface area contributed by atoms with Crippen molar-refractivity contribution in [3.8, 4) is 0 Å². The number of nitrogens with zero attached hydrogens (tertiary/aromatic N) is 1. The zero-order chi connectivity index (χ0) is 18.0. The maximum absolute atomic E-state index is 13.2. The fourth-order valence-corrected chi connectivity index (χ4v) is 2.96. The molecular formula is C19H16FNO4. The number of hydrogen-bond donors (Lipinski definition) is 2. The fraction of sp³-hybridized carbons (Fsp3) is 0.158. The number of aliphatic hydroxyl groups excluding tert-OH is 2. The normalized spacial score (nSPS) is 19.4. The Bertz CT molecular complexity index is 830. The zero-order valence-electron chi connectivity index (χ0n) is 13.2. The predicted octanol–water partition coefficient (Wildman–Crippen LogP) is 2.24. The second-order valence-electron chi connectivity index (χ2n) is 5.63. The van der Waals surface area contributed by atoms with Crippen LogP contribution >= 0.6 is 0 Å². The quantitative estimate of drug-likeness (QED) is 0.508. The smallest absolute Gasteiger partial charge is 0.295 e. The monoisotopic (exact) mass is 341 g/mol. The van der Waals surface area contributed by atoms with Gasteiger partial charge in [0.2, 0.25) is 0 Å². The van der Waals surface area contributed by atoms with Gasteiger partial charge in [-0.15, -0.1) is 0 Å². The molecule has 0 spiro atoms. The maximum atomic E-state index is 13.2. The highest BCUT2D eigenvalue weighted by Crippen LogP contribution is 2.39. The van der Waals surface area contributed by atoms with Gasteiger partial charge < -0.3 is 15.1 Å². The van der Waals surface area contributed by atoms with Gasteiger partial charge >= 0.3 is 0 Å². The van der Waals surface area contributed by atoms with Gasteiger partial charge in [-0.2, -0.15) is 0 Å². The molecule has 1 aliphatic heterocycles. The summed E-state index contributed by atoms with van der Waals surface area (Å²) in [5, 5.41) is 19.9. The largest absolute Gasteiger partial charge is 0.507 e. The van der Waals surface area contributed by atoms with E-state index in [4.69, 9.17) is 0 Å². The minimum atomic E-state index is -0.882. The third-order valence-electron chi connectivity index (χ3n) is 4.11. The number of aliphatic hydroxyl groups is 2. The fourth-order valence-electron chi connectivity index (χ4n) is 2.96. The summed E-state index contributed by atoms with van der Waals surface area (Å²) < 4.78 is 13.2. The van der Waals surface area contributed by atoms with Crippen LogP contribution in [0.3, 0.4) is 0 Å². The van der Waals surface area contributed by atoms with Crippen LogP contribution in [0.5, 0.6) is 0 Å². The number of rotatable bonds is 4. The molecule has 0 unspecified atom stereocenters. The molecule has 1 heterocycles. The molecule has 0 bridgehead atoms. The first-order valence-electron chi connectivity index (χ1n) is 7.74. The topological polar surface area (TPSA) is 77.8 Å². The van der Waals surface area contributed by atoms with Gasteiger partial charge in [0.05, 0.1) is 18.2 Å². The molecule has 6 heteroatoms. The van der Waals surface area contributed by atoms with E-state index >= 15 is 0 Å². The third-order valence-corrected chi connectivity index (χ3v) is 4.11. The van der Waals surface area contributed by atoms with E-state index in [0.717, 1.165) is 0 Å². The van der Waals surface area contributed by atoms with E-state index in [1.807, 2.05) is 0 Å². The Kier molecular flexibility index (Phi) is 4.63. The number of halogens is 1. The minimum Gasteiger partial charge on any atom is -0.507 e. The summed E-state index contributed by atoms with van der Waals surface area (Å²) >= 11 is 0. The van der Waals surface area contributed by atoms with Crippen LogP contribution < -0.4 is 0 Å². The van der Waals surface area contributed by atoms with Crippen LogP contribution in [0.2, 0.25) is 0 Å². The van der Waals surface area contributed by atoms with Crippen LogP contribution in [0.25, 0.3) is 5.76 Å². The SMILES string of the molecule is O=C1C(=O)N(CCO)[C@H](c2ccc(F)cc2)/C1=C(\O)c1ccccc1. The van der Waals surface area contributed by atoms with Gasteiger partial charge in [0.25, 0.3) is 11.7 Å². The third kappa shape index (κ3) is 3.04. The second-order valence-corrected chi connectivity index (χ2v) is 5.63. The minimum absolute atomic E-state index is 0.0712. The second kappa shape index (κ2) is 6.86. The molecular weight excluding hydrogens is 325 g/mol. The van der Waals surface area contributed by atoms with Crippen molar-refractivity contribution in [1.29, 1.82) is 0 Å². The molecule has 1 saturated heterocycles. The molecule has 1 aliphatic rings. The van der Waals surface area contributed by atoms with Gasteiger partial charge in [-0.3, -0.25) is 9.59 Å². The first-order chi connectivity index (χ1) is 12.0. The summed E-state index contributed by atoms with van der Waals surface area (Å²) in [5.41, 5.74) is 0.805. The Morgan fingerprint density at radius 2 is 1.68 bits per heavy atom. The van der Waals surface area contributed by atoms with Crippen molar-refractivity contribution in [2.75, 3.05) is 13.2 Å². The maximum Gasteiger partial charge on any atom is 0.295 e. The Hall–Kier alpha value is -2.99. The van der Waals surface area contributed by atoms with Crippen LogP contribution in [0, 0.1) is 5.82 Å². The molecule has 0 radical (unpaired) electrons. The number of hydrogen-bond acceptors (Lipinski definition) is 4. The lowest BCUT2D eigenvalue weighted by Gasteiger charge is -2.24. The van der Waals surface area contributed by atoms with Crippen LogP contribution in [-0.2, 0) is 9.59 Å². The molecule has 128 valence electrons. The summed E-state index contributed by atoms with van der Waals surface area (Å²) in [6.45, 7) is -0.408. The Morgan fingerprint density at radius 3 is 2.28 bits per heavy atom. The van der Waals surface area contributed by atoms with E-state index in [2.05, 4.69) is 0 Å².